The molecule has 7 nitrogen and oxygen atoms in total. The van der Waals surface area contributed by atoms with Crippen LogP contribution >= 0.6 is 0 Å². The Hall–Kier alpha value is -5.24. The van der Waals surface area contributed by atoms with E-state index in [-0.39, 0.29) is 34.4 Å². The molecule has 0 aromatic heterocycles. The number of anilines is 1. The summed E-state index contributed by atoms with van der Waals surface area (Å²) in [6.07, 6.45) is 3.75. The smallest absolute Gasteiger partial charge is 0.203 e. The maximum atomic E-state index is 14.9. The molecule has 1 spiro atoms. The summed E-state index contributed by atoms with van der Waals surface area (Å²) in [5.74, 6) is -1.71. The Labute approximate surface area is 253 Å². The average Bonchev–Trinajstić information content (AvgIpc) is 3.49. The molecule has 7 rings (SSSR count). The summed E-state index contributed by atoms with van der Waals surface area (Å²) in [7, 11) is 4.44. The lowest BCUT2D eigenvalue weighted by Gasteiger charge is -2.37. The van der Waals surface area contributed by atoms with Gasteiger partial charge in [0.25, 0.3) is 0 Å². The van der Waals surface area contributed by atoms with Crippen LogP contribution in [0.2, 0.25) is 0 Å². The van der Waals surface area contributed by atoms with Gasteiger partial charge in [0.15, 0.2) is 28.8 Å². The highest BCUT2D eigenvalue weighted by molar-refractivity contribution is 6.32. The Bertz CT molecular complexity index is 1850. The number of para-hydroxylation sites is 1. The van der Waals surface area contributed by atoms with Gasteiger partial charge in [-0.3, -0.25) is 14.4 Å². The van der Waals surface area contributed by atoms with Crippen LogP contribution in [0.1, 0.15) is 48.1 Å². The van der Waals surface area contributed by atoms with Crippen LogP contribution in [0.15, 0.2) is 91.0 Å². The molecular formula is C36H28FNO6. The van der Waals surface area contributed by atoms with Crippen molar-refractivity contribution >= 4 is 29.1 Å². The van der Waals surface area contributed by atoms with Crippen molar-refractivity contribution in [3.8, 4) is 17.2 Å². The van der Waals surface area contributed by atoms with Gasteiger partial charge in [0, 0.05) is 33.9 Å². The van der Waals surface area contributed by atoms with E-state index in [9.17, 15) is 18.8 Å². The minimum Gasteiger partial charge on any atom is -0.493 e. The monoisotopic (exact) mass is 589 g/mol. The first-order valence-electron chi connectivity index (χ1n) is 14.2. The Kier molecular flexibility index (Phi) is 6.39. The fraction of sp³-hybridized carbons (Fsp3) is 0.194. The number of hydrogen-bond acceptors (Lipinski definition) is 7. The fourth-order valence-corrected chi connectivity index (χ4v) is 7.41. The highest BCUT2D eigenvalue weighted by atomic mass is 19.1. The maximum Gasteiger partial charge on any atom is 0.203 e. The van der Waals surface area contributed by atoms with Crippen LogP contribution in [0.25, 0.3) is 6.08 Å². The van der Waals surface area contributed by atoms with E-state index in [1.54, 1.807) is 36.4 Å². The van der Waals surface area contributed by atoms with Crippen LogP contribution < -0.4 is 19.1 Å². The number of carbonyl (C=O) groups is 3. The zero-order valence-electron chi connectivity index (χ0n) is 24.2. The number of nitrogens with zero attached hydrogens (tertiary/aromatic N) is 1. The molecule has 4 aromatic carbocycles. The first-order valence-corrected chi connectivity index (χ1v) is 14.2. The quantitative estimate of drug-likeness (QED) is 0.197. The summed E-state index contributed by atoms with van der Waals surface area (Å²) in [6, 6.07) is 21.2. The Morgan fingerprint density at radius 2 is 1.41 bits per heavy atom. The predicted molar refractivity (Wildman–Crippen MR) is 163 cm³/mol. The SMILES string of the molecule is COc1ccc([C@H]2[C@@H](C(=O)c3ccc(F)cc3)N3c4ccccc4C=C[C@@H]3C23C(=O)c2ccccc2C3=O)c(OC)c1OC. The molecule has 2 heterocycles. The lowest BCUT2D eigenvalue weighted by molar-refractivity contribution is 0.0664. The second kappa shape index (κ2) is 10.2. The van der Waals surface area contributed by atoms with Crippen molar-refractivity contribution in [1.82, 2.24) is 0 Å². The van der Waals surface area contributed by atoms with Crippen LogP contribution in [0.4, 0.5) is 10.1 Å². The second-order valence-corrected chi connectivity index (χ2v) is 11.1. The predicted octanol–water partition coefficient (Wildman–Crippen LogP) is 6.17. The number of hydrogen-bond donors (Lipinski definition) is 0. The third kappa shape index (κ3) is 3.57. The van der Waals surface area contributed by atoms with Crippen LogP contribution in [-0.4, -0.2) is 50.8 Å². The summed E-state index contributed by atoms with van der Waals surface area (Å²) in [4.78, 5) is 46.4. The summed E-state index contributed by atoms with van der Waals surface area (Å²) in [5, 5.41) is 0. The zero-order valence-corrected chi connectivity index (χ0v) is 24.2. The van der Waals surface area contributed by atoms with Gasteiger partial charge in [-0.1, -0.05) is 60.7 Å². The van der Waals surface area contributed by atoms with Gasteiger partial charge in [-0.05, 0) is 42.0 Å². The number of methoxy groups -OCH3 is 3. The molecule has 1 aliphatic carbocycles. The number of carbonyl (C=O) groups excluding carboxylic acids is 3. The molecule has 0 unspecified atom stereocenters. The molecule has 2 aliphatic heterocycles. The molecule has 220 valence electrons. The molecule has 1 saturated heterocycles. The van der Waals surface area contributed by atoms with Gasteiger partial charge in [-0.2, -0.15) is 0 Å². The molecule has 3 atom stereocenters. The van der Waals surface area contributed by atoms with Crippen molar-refractivity contribution in [3.05, 3.63) is 125 Å². The third-order valence-corrected chi connectivity index (χ3v) is 9.18. The maximum absolute atomic E-state index is 14.9. The van der Waals surface area contributed by atoms with Crippen LogP contribution in [0, 0.1) is 11.2 Å². The molecule has 0 radical (unpaired) electrons. The molecule has 44 heavy (non-hydrogen) atoms. The lowest BCUT2D eigenvalue weighted by Crippen LogP contribution is -2.48. The number of halogens is 1. The van der Waals surface area contributed by atoms with Gasteiger partial charge >= 0.3 is 0 Å². The van der Waals surface area contributed by atoms with E-state index in [1.165, 1.54) is 45.6 Å². The Morgan fingerprint density at radius 3 is 2.05 bits per heavy atom. The van der Waals surface area contributed by atoms with Crippen LogP contribution in [0.3, 0.4) is 0 Å². The molecule has 0 amide bonds. The lowest BCUT2D eigenvalue weighted by atomic mass is 9.64. The fourth-order valence-electron chi connectivity index (χ4n) is 7.41. The largest absolute Gasteiger partial charge is 0.493 e. The molecule has 4 aromatic rings. The van der Waals surface area contributed by atoms with E-state index in [0.29, 0.717) is 28.1 Å². The molecule has 0 saturated carbocycles. The van der Waals surface area contributed by atoms with Gasteiger partial charge in [-0.25, -0.2) is 4.39 Å². The van der Waals surface area contributed by atoms with Crippen molar-refractivity contribution in [2.75, 3.05) is 26.2 Å². The van der Waals surface area contributed by atoms with Crippen LogP contribution in [0.5, 0.6) is 17.2 Å². The minimum atomic E-state index is -1.74. The summed E-state index contributed by atoms with van der Waals surface area (Å²) in [5.41, 5.74) is 1.12. The van der Waals surface area contributed by atoms with Gasteiger partial charge in [0.2, 0.25) is 5.75 Å². The highest BCUT2D eigenvalue weighted by Crippen LogP contribution is 2.63. The zero-order chi connectivity index (χ0) is 30.7. The number of fused-ring (bicyclic) bond motifs is 5. The van der Waals surface area contributed by atoms with E-state index in [4.69, 9.17) is 14.2 Å². The minimum absolute atomic E-state index is 0.249. The normalized spacial score (nSPS) is 20.7. The number of ether oxygens (including phenoxy) is 3. The standard InChI is InChI=1S/C36H28FNO6/c1-42-27-18-17-25(32(43-2)33(27)44-3)29-30(31(39)21-12-15-22(37)16-13-21)38-26-11-7-4-8-20(26)14-19-28(38)36(29)34(40)23-9-5-6-10-24(23)35(36)41/h4-19,28-30H,1-3H3/t28-,29+,30+/m1/s1. The van der Waals surface area contributed by atoms with Gasteiger partial charge < -0.3 is 19.1 Å². The molecule has 8 heteroatoms. The number of benzene rings is 4. The summed E-state index contributed by atoms with van der Waals surface area (Å²) >= 11 is 0. The van der Waals surface area contributed by atoms with Crippen molar-refractivity contribution in [2.45, 2.75) is 18.0 Å². The van der Waals surface area contributed by atoms with Crippen LogP contribution in [-0.2, 0) is 0 Å². The van der Waals surface area contributed by atoms with Crippen molar-refractivity contribution in [1.29, 1.82) is 0 Å². The van der Waals surface area contributed by atoms with Crippen molar-refractivity contribution in [3.63, 3.8) is 0 Å². The summed E-state index contributed by atoms with van der Waals surface area (Å²) in [6.45, 7) is 0. The summed E-state index contributed by atoms with van der Waals surface area (Å²) < 4.78 is 31.2. The molecule has 1 fully saturated rings. The Balaban J connectivity index is 1.59. The van der Waals surface area contributed by atoms with Gasteiger partial charge in [0.05, 0.1) is 27.4 Å². The van der Waals surface area contributed by atoms with E-state index < -0.39 is 29.2 Å². The van der Waals surface area contributed by atoms with Crippen molar-refractivity contribution < 1.29 is 33.0 Å². The van der Waals surface area contributed by atoms with E-state index in [1.807, 2.05) is 41.3 Å². The number of ketones is 3. The van der Waals surface area contributed by atoms with Gasteiger partial charge in [0.1, 0.15) is 17.3 Å². The number of Topliss-reactive ketones (excluding diaryl/α,β-unsaturated/α-hetero) is 3. The first-order chi connectivity index (χ1) is 21.4. The van der Waals surface area contributed by atoms with Crippen molar-refractivity contribution in [2.24, 2.45) is 5.41 Å². The topological polar surface area (TPSA) is 82.1 Å². The van der Waals surface area contributed by atoms with E-state index in [0.717, 1.165) is 5.56 Å². The first kappa shape index (κ1) is 27.6. The molecule has 3 aliphatic rings. The van der Waals surface area contributed by atoms with E-state index in [2.05, 4.69) is 0 Å². The Morgan fingerprint density at radius 1 is 0.773 bits per heavy atom. The number of rotatable bonds is 6. The highest BCUT2D eigenvalue weighted by Gasteiger charge is 2.72. The second-order valence-electron chi connectivity index (χ2n) is 11.1. The van der Waals surface area contributed by atoms with Gasteiger partial charge in [-0.15, -0.1) is 0 Å². The molecule has 0 bridgehead atoms. The van der Waals surface area contributed by atoms with E-state index >= 15 is 0 Å². The molecular weight excluding hydrogens is 561 g/mol. The molecule has 0 N–H and O–H groups in total. The average molecular weight is 590 g/mol. The third-order valence-electron chi connectivity index (χ3n) is 9.18.